The van der Waals surface area contributed by atoms with Crippen LogP contribution in [0, 0.1) is 18.3 Å². The second-order valence-corrected chi connectivity index (χ2v) is 6.95. The van der Waals surface area contributed by atoms with E-state index in [1.54, 1.807) is 6.20 Å². The Morgan fingerprint density at radius 1 is 1.33 bits per heavy atom. The molecule has 1 saturated carbocycles. The third-order valence-corrected chi connectivity index (χ3v) is 5.25. The number of allylic oxidation sites excluding steroid dienone is 1. The summed E-state index contributed by atoms with van der Waals surface area (Å²) in [7, 11) is 0. The first-order valence-electron chi connectivity index (χ1n) is 7.99. The van der Waals surface area contributed by atoms with Gasteiger partial charge in [0, 0.05) is 41.9 Å². The highest BCUT2D eigenvalue weighted by atomic mass is 32.1. The van der Waals surface area contributed by atoms with Gasteiger partial charge >= 0.3 is 0 Å². The largest absolute Gasteiger partial charge is 0.448 e. The maximum absolute atomic E-state index is 9.32. The van der Waals surface area contributed by atoms with Crippen LogP contribution in [0.1, 0.15) is 36.4 Å². The molecule has 1 aliphatic heterocycles. The maximum Gasteiger partial charge on any atom is 0.251 e. The van der Waals surface area contributed by atoms with Gasteiger partial charge in [0.05, 0.1) is 0 Å². The SMILES string of the molecule is Cc1csc(/C(C#N)=C/Nc2ccc3c(c2)OC2(CCCC2)O3)n1. The number of nitrogens with zero attached hydrogens (tertiary/aromatic N) is 2. The van der Waals surface area contributed by atoms with E-state index in [2.05, 4.69) is 16.4 Å². The van der Waals surface area contributed by atoms with E-state index in [0.717, 1.165) is 48.6 Å². The molecule has 1 spiro atoms. The molecule has 0 amide bonds. The van der Waals surface area contributed by atoms with Crippen LogP contribution in [0.5, 0.6) is 11.5 Å². The first-order valence-corrected chi connectivity index (χ1v) is 8.87. The second-order valence-electron chi connectivity index (χ2n) is 6.09. The highest BCUT2D eigenvalue weighted by Crippen LogP contribution is 2.47. The minimum atomic E-state index is -0.451. The van der Waals surface area contributed by atoms with Gasteiger partial charge in [-0.05, 0) is 31.9 Å². The Balaban J connectivity index is 1.52. The second kappa shape index (κ2) is 5.84. The van der Waals surface area contributed by atoms with Crippen LogP contribution in [0.25, 0.3) is 5.57 Å². The minimum absolute atomic E-state index is 0.451. The average Bonchev–Trinajstić information content (AvgIpc) is 3.28. The van der Waals surface area contributed by atoms with E-state index < -0.39 is 5.79 Å². The molecule has 2 aromatic rings. The fourth-order valence-corrected chi connectivity index (χ4v) is 3.84. The van der Waals surface area contributed by atoms with Gasteiger partial charge in [-0.3, -0.25) is 0 Å². The Labute approximate surface area is 144 Å². The smallest absolute Gasteiger partial charge is 0.251 e. The molecule has 0 unspecified atom stereocenters. The number of nitriles is 1. The van der Waals surface area contributed by atoms with Gasteiger partial charge < -0.3 is 14.8 Å². The molecule has 1 N–H and O–H groups in total. The number of aryl methyl sites for hydroxylation is 1. The minimum Gasteiger partial charge on any atom is -0.448 e. The van der Waals surface area contributed by atoms with Gasteiger partial charge in [-0.25, -0.2) is 4.98 Å². The number of thiazole rings is 1. The highest BCUT2D eigenvalue weighted by molar-refractivity contribution is 7.10. The zero-order valence-corrected chi connectivity index (χ0v) is 14.2. The van der Waals surface area contributed by atoms with Gasteiger partial charge in [-0.15, -0.1) is 11.3 Å². The van der Waals surface area contributed by atoms with Crippen molar-refractivity contribution in [1.82, 2.24) is 4.98 Å². The van der Waals surface area contributed by atoms with Crippen molar-refractivity contribution in [3.05, 3.63) is 40.5 Å². The molecule has 4 rings (SSSR count). The van der Waals surface area contributed by atoms with Crippen molar-refractivity contribution in [3.8, 4) is 17.6 Å². The Morgan fingerprint density at radius 2 is 2.12 bits per heavy atom. The van der Waals surface area contributed by atoms with Crippen LogP contribution in [0.2, 0.25) is 0 Å². The lowest BCUT2D eigenvalue weighted by Gasteiger charge is -2.21. The van der Waals surface area contributed by atoms with Crippen molar-refractivity contribution in [2.45, 2.75) is 38.4 Å². The molecule has 2 aliphatic rings. The summed E-state index contributed by atoms with van der Waals surface area (Å²) in [5.74, 6) is 1.11. The van der Waals surface area contributed by atoms with E-state index in [-0.39, 0.29) is 0 Å². The van der Waals surface area contributed by atoms with Gasteiger partial charge in [-0.2, -0.15) is 5.26 Å². The zero-order valence-electron chi connectivity index (χ0n) is 13.3. The van der Waals surface area contributed by atoms with Crippen LogP contribution in [0.4, 0.5) is 5.69 Å². The fraction of sp³-hybridized carbons (Fsp3) is 0.333. The van der Waals surface area contributed by atoms with Gasteiger partial charge in [0.25, 0.3) is 5.79 Å². The molecule has 1 aromatic heterocycles. The quantitative estimate of drug-likeness (QED) is 0.836. The summed E-state index contributed by atoms with van der Waals surface area (Å²) < 4.78 is 12.1. The van der Waals surface area contributed by atoms with Crippen LogP contribution in [-0.4, -0.2) is 10.8 Å². The van der Waals surface area contributed by atoms with E-state index in [4.69, 9.17) is 9.47 Å². The molecule has 24 heavy (non-hydrogen) atoms. The summed E-state index contributed by atoms with van der Waals surface area (Å²) in [4.78, 5) is 4.34. The predicted octanol–water partition coefficient (Wildman–Crippen LogP) is 4.47. The number of hydrogen-bond acceptors (Lipinski definition) is 6. The third-order valence-electron chi connectivity index (χ3n) is 4.25. The van der Waals surface area contributed by atoms with Crippen molar-refractivity contribution in [2.75, 3.05) is 5.32 Å². The van der Waals surface area contributed by atoms with E-state index in [0.29, 0.717) is 10.6 Å². The van der Waals surface area contributed by atoms with Gasteiger partial charge in [-0.1, -0.05) is 0 Å². The molecule has 5 nitrogen and oxygen atoms in total. The summed E-state index contributed by atoms with van der Waals surface area (Å²) in [6, 6.07) is 7.94. The van der Waals surface area contributed by atoms with Crippen molar-refractivity contribution in [1.29, 1.82) is 5.26 Å². The van der Waals surface area contributed by atoms with Gasteiger partial charge in [0.15, 0.2) is 11.5 Å². The van der Waals surface area contributed by atoms with E-state index in [1.165, 1.54) is 11.3 Å². The molecular formula is C18H17N3O2S. The standard InChI is InChI=1S/C18H17N3O2S/c1-12-11-24-17(21-12)13(9-19)10-20-14-4-5-15-16(8-14)23-18(22-15)6-2-3-7-18/h4-5,8,10-11,20H,2-3,6-7H2,1H3/b13-10+. The molecule has 0 saturated heterocycles. The summed E-state index contributed by atoms with van der Waals surface area (Å²) >= 11 is 1.46. The molecule has 0 bridgehead atoms. The van der Waals surface area contributed by atoms with Crippen LogP contribution in [0.15, 0.2) is 29.8 Å². The Bertz CT molecular complexity index is 844. The first kappa shape index (κ1) is 15.0. The third kappa shape index (κ3) is 2.72. The van der Waals surface area contributed by atoms with Gasteiger partial charge in [0.2, 0.25) is 0 Å². The van der Waals surface area contributed by atoms with E-state index in [1.807, 2.05) is 30.5 Å². The summed E-state index contributed by atoms with van der Waals surface area (Å²) in [6.07, 6.45) is 5.83. The molecule has 1 aliphatic carbocycles. The number of fused-ring (bicyclic) bond motifs is 1. The molecule has 2 heterocycles. The maximum atomic E-state index is 9.32. The molecule has 122 valence electrons. The molecular weight excluding hydrogens is 322 g/mol. The van der Waals surface area contributed by atoms with Crippen molar-refractivity contribution >= 4 is 22.6 Å². The lowest BCUT2D eigenvalue weighted by molar-refractivity contribution is -0.0716. The Morgan fingerprint density at radius 3 is 2.83 bits per heavy atom. The number of ether oxygens (including phenoxy) is 2. The summed E-state index contributed by atoms with van der Waals surface area (Å²) in [6.45, 7) is 1.92. The van der Waals surface area contributed by atoms with Gasteiger partial charge in [0.1, 0.15) is 16.6 Å². The molecule has 1 aromatic carbocycles. The van der Waals surface area contributed by atoms with Crippen molar-refractivity contribution in [3.63, 3.8) is 0 Å². The number of nitrogens with one attached hydrogen (secondary N) is 1. The monoisotopic (exact) mass is 339 g/mol. The van der Waals surface area contributed by atoms with Crippen LogP contribution < -0.4 is 14.8 Å². The summed E-state index contributed by atoms with van der Waals surface area (Å²) in [5.41, 5.74) is 2.28. The fourth-order valence-electron chi connectivity index (χ4n) is 3.08. The van der Waals surface area contributed by atoms with E-state index in [9.17, 15) is 5.26 Å². The molecule has 1 fully saturated rings. The molecule has 0 atom stereocenters. The van der Waals surface area contributed by atoms with Crippen LogP contribution in [-0.2, 0) is 0 Å². The molecule has 6 heteroatoms. The first-order chi connectivity index (χ1) is 11.7. The topological polar surface area (TPSA) is 67.2 Å². The highest BCUT2D eigenvalue weighted by Gasteiger charge is 2.43. The van der Waals surface area contributed by atoms with Crippen LogP contribution in [0.3, 0.4) is 0 Å². The Kier molecular flexibility index (Phi) is 3.66. The number of benzene rings is 1. The van der Waals surface area contributed by atoms with Crippen molar-refractivity contribution < 1.29 is 9.47 Å². The Hall–Kier alpha value is -2.52. The normalized spacial score (nSPS) is 17.9. The van der Waals surface area contributed by atoms with Crippen molar-refractivity contribution in [2.24, 2.45) is 0 Å². The average molecular weight is 339 g/mol. The summed E-state index contributed by atoms with van der Waals surface area (Å²) in [5, 5.41) is 15.1. The zero-order chi connectivity index (χ0) is 16.6. The predicted molar refractivity (Wildman–Crippen MR) is 93.0 cm³/mol. The van der Waals surface area contributed by atoms with E-state index >= 15 is 0 Å². The number of hydrogen-bond donors (Lipinski definition) is 1. The number of rotatable bonds is 3. The molecule has 0 radical (unpaired) electrons. The van der Waals surface area contributed by atoms with Crippen LogP contribution >= 0.6 is 11.3 Å². The lowest BCUT2D eigenvalue weighted by Crippen LogP contribution is -2.34. The lowest BCUT2D eigenvalue weighted by atomic mass is 10.2. The number of anilines is 1. The number of aromatic nitrogens is 1.